The number of carboxylic acid groups (broad SMARTS) is 1. The predicted octanol–water partition coefficient (Wildman–Crippen LogP) is 4.14. The highest BCUT2D eigenvalue weighted by Gasteiger charge is 2.25. The molecule has 2 rings (SSSR count). The smallest absolute Gasteiger partial charge is 0.338 e. The van der Waals surface area contributed by atoms with Crippen molar-refractivity contribution < 1.29 is 9.90 Å². The quantitative estimate of drug-likeness (QED) is 0.830. The van der Waals surface area contributed by atoms with E-state index in [-0.39, 0.29) is 0 Å². The minimum atomic E-state index is -0.897. The van der Waals surface area contributed by atoms with Gasteiger partial charge in [-0.05, 0) is 46.8 Å². The maximum absolute atomic E-state index is 11.3. The van der Waals surface area contributed by atoms with Gasteiger partial charge < -0.3 is 10.4 Å². The third-order valence-corrected chi connectivity index (χ3v) is 4.06. The first-order valence-electron chi connectivity index (χ1n) is 6.40. The van der Waals surface area contributed by atoms with Gasteiger partial charge in [-0.25, -0.2) is 4.79 Å². The number of rotatable bonds is 6. The van der Waals surface area contributed by atoms with Gasteiger partial charge in [0, 0.05) is 10.5 Å². The Morgan fingerprint density at radius 2 is 2.28 bits per heavy atom. The fourth-order valence-electron chi connectivity index (χ4n) is 2.17. The minimum absolute atomic E-state index is 0.326. The third kappa shape index (κ3) is 3.25. The molecule has 0 heterocycles. The van der Waals surface area contributed by atoms with Crippen LogP contribution in [-0.4, -0.2) is 17.1 Å². The second kappa shape index (κ2) is 5.74. The van der Waals surface area contributed by atoms with E-state index in [1.54, 1.807) is 6.07 Å². The molecule has 0 spiro atoms. The van der Waals surface area contributed by atoms with Gasteiger partial charge in [0.25, 0.3) is 0 Å². The van der Waals surface area contributed by atoms with Gasteiger partial charge in [-0.2, -0.15) is 0 Å². The lowest BCUT2D eigenvalue weighted by Crippen LogP contribution is -2.21. The van der Waals surface area contributed by atoms with Crippen LogP contribution in [0, 0.1) is 5.92 Å². The van der Waals surface area contributed by atoms with Crippen LogP contribution >= 0.6 is 15.9 Å². The molecule has 0 bridgehead atoms. The van der Waals surface area contributed by atoms with E-state index in [0.717, 1.165) is 18.8 Å². The van der Waals surface area contributed by atoms with E-state index in [2.05, 4.69) is 28.2 Å². The normalized spacial score (nSPS) is 16.3. The van der Waals surface area contributed by atoms with Crippen molar-refractivity contribution in [3.8, 4) is 0 Å². The zero-order valence-corrected chi connectivity index (χ0v) is 12.0. The molecule has 1 aromatic rings. The van der Waals surface area contributed by atoms with Crippen molar-refractivity contribution >= 4 is 27.6 Å². The molecule has 4 heteroatoms. The summed E-state index contributed by atoms with van der Waals surface area (Å²) >= 11 is 3.30. The number of hydrogen-bond donors (Lipinski definition) is 2. The molecule has 1 saturated carbocycles. The molecule has 1 aliphatic rings. The van der Waals surface area contributed by atoms with E-state index >= 15 is 0 Å². The summed E-state index contributed by atoms with van der Waals surface area (Å²) in [7, 11) is 0. The Hall–Kier alpha value is -1.03. The highest BCUT2D eigenvalue weighted by Crippen LogP contribution is 2.35. The number of anilines is 1. The Bertz CT molecular complexity index is 443. The SMILES string of the molecule is CCC(CC1CC1)Nc1cccc(Br)c1C(=O)O. The fourth-order valence-corrected chi connectivity index (χ4v) is 2.70. The van der Waals surface area contributed by atoms with Crippen molar-refractivity contribution in [2.45, 2.75) is 38.6 Å². The Balaban J connectivity index is 2.15. The zero-order valence-electron chi connectivity index (χ0n) is 10.4. The first-order chi connectivity index (χ1) is 8.61. The molecule has 2 N–H and O–H groups in total. The minimum Gasteiger partial charge on any atom is -0.478 e. The Kier molecular flexibility index (Phi) is 4.27. The summed E-state index contributed by atoms with van der Waals surface area (Å²) in [6.07, 6.45) is 4.80. The van der Waals surface area contributed by atoms with Crippen LogP contribution in [0.4, 0.5) is 5.69 Å². The van der Waals surface area contributed by atoms with Crippen LogP contribution < -0.4 is 5.32 Å². The van der Waals surface area contributed by atoms with Gasteiger partial charge in [-0.3, -0.25) is 0 Å². The summed E-state index contributed by atoms with van der Waals surface area (Å²) in [5.74, 6) is -0.0610. The van der Waals surface area contributed by atoms with E-state index in [1.807, 2.05) is 12.1 Å². The summed E-state index contributed by atoms with van der Waals surface area (Å²) in [6, 6.07) is 5.83. The van der Waals surface area contributed by atoms with E-state index in [9.17, 15) is 9.90 Å². The van der Waals surface area contributed by atoms with E-state index in [4.69, 9.17) is 0 Å². The molecule has 1 unspecified atom stereocenters. The van der Waals surface area contributed by atoms with Gasteiger partial charge in [0.05, 0.1) is 11.3 Å². The van der Waals surface area contributed by atoms with Crippen molar-refractivity contribution in [2.75, 3.05) is 5.32 Å². The number of aromatic carboxylic acids is 1. The molecule has 1 aromatic carbocycles. The van der Waals surface area contributed by atoms with Crippen LogP contribution in [0.2, 0.25) is 0 Å². The number of nitrogens with one attached hydrogen (secondary N) is 1. The maximum atomic E-state index is 11.3. The van der Waals surface area contributed by atoms with Crippen LogP contribution in [0.3, 0.4) is 0 Å². The topological polar surface area (TPSA) is 49.3 Å². The molecular weight excluding hydrogens is 294 g/mol. The van der Waals surface area contributed by atoms with Gasteiger partial charge in [0.15, 0.2) is 0 Å². The summed E-state index contributed by atoms with van der Waals surface area (Å²) < 4.78 is 0.626. The van der Waals surface area contributed by atoms with Gasteiger partial charge in [0.1, 0.15) is 0 Å². The van der Waals surface area contributed by atoms with Gasteiger partial charge in [0.2, 0.25) is 0 Å². The highest BCUT2D eigenvalue weighted by molar-refractivity contribution is 9.10. The number of benzene rings is 1. The van der Waals surface area contributed by atoms with Crippen molar-refractivity contribution in [3.63, 3.8) is 0 Å². The molecular formula is C14H18BrNO2. The number of carbonyl (C=O) groups is 1. The maximum Gasteiger partial charge on any atom is 0.338 e. The van der Waals surface area contributed by atoms with E-state index in [0.29, 0.717) is 21.8 Å². The van der Waals surface area contributed by atoms with Crippen LogP contribution in [-0.2, 0) is 0 Å². The summed E-state index contributed by atoms with van der Waals surface area (Å²) in [5, 5.41) is 12.6. The van der Waals surface area contributed by atoms with Gasteiger partial charge in [-0.15, -0.1) is 0 Å². The lowest BCUT2D eigenvalue weighted by Gasteiger charge is -2.20. The van der Waals surface area contributed by atoms with Crippen LogP contribution in [0.5, 0.6) is 0 Å². The number of carboxylic acids is 1. The Labute approximate surface area is 116 Å². The fraction of sp³-hybridized carbons (Fsp3) is 0.500. The van der Waals surface area contributed by atoms with Crippen LogP contribution in [0.1, 0.15) is 43.0 Å². The summed E-state index contributed by atoms with van der Waals surface area (Å²) in [6.45, 7) is 2.14. The molecule has 1 atom stereocenters. The van der Waals surface area contributed by atoms with Crippen molar-refractivity contribution in [1.29, 1.82) is 0 Å². The molecule has 0 aliphatic heterocycles. The molecule has 1 aliphatic carbocycles. The summed E-state index contributed by atoms with van der Waals surface area (Å²) in [4.78, 5) is 11.3. The van der Waals surface area contributed by atoms with Gasteiger partial charge in [-0.1, -0.05) is 25.8 Å². The number of halogens is 1. The van der Waals surface area contributed by atoms with E-state index < -0.39 is 5.97 Å². The number of hydrogen-bond acceptors (Lipinski definition) is 2. The average molecular weight is 312 g/mol. The Morgan fingerprint density at radius 1 is 1.56 bits per heavy atom. The molecule has 18 heavy (non-hydrogen) atoms. The average Bonchev–Trinajstić information content (AvgIpc) is 3.11. The molecule has 3 nitrogen and oxygen atoms in total. The lowest BCUT2D eigenvalue weighted by atomic mass is 10.1. The largest absolute Gasteiger partial charge is 0.478 e. The molecule has 98 valence electrons. The van der Waals surface area contributed by atoms with Gasteiger partial charge >= 0.3 is 5.97 Å². The molecule has 1 fully saturated rings. The first kappa shape index (κ1) is 13.4. The first-order valence-corrected chi connectivity index (χ1v) is 7.19. The van der Waals surface area contributed by atoms with Crippen LogP contribution in [0.15, 0.2) is 22.7 Å². The van der Waals surface area contributed by atoms with Crippen molar-refractivity contribution in [2.24, 2.45) is 5.92 Å². The van der Waals surface area contributed by atoms with Crippen molar-refractivity contribution in [3.05, 3.63) is 28.2 Å². The summed E-state index contributed by atoms with van der Waals surface area (Å²) in [5.41, 5.74) is 1.04. The monoisotopic (exact) mass is 311 g/mol. The third-order valence-electron chi connectivity index (χ3n) is 3.39. The second-order valence-electron chi connectivity index (χ2n) is 4.90. The predicted molar refractivity (Wildman–Crippen MR) is 76.1 cm³/mol. The highest BCUT2D eigenvalue weighted by atomic mass is 79.9. The lowest BCUT2D eigenvalue weighted by molar-refractivity contribution is 0.0697. The van der Waals surface area contributed by atoms with Crippen LogP contribution in [0.25, 0.3) is 0 Å². The molecule has 0 aromatic heterocycles. The Morgan fingerprint density at radius 3 is 2.83 bits per heavy atom. The van der Waals surface area contributed by atoms with Crippen molar-refractivity contribution in [1.82, 2.24) is 0 Å². The molecule has 0 saturated heterocycles. The van der Waals surface area contributed by atoms with E-state index in [1.165, 1.54) is 12.8 Å². The molecule has 0 radical (unpaired) electrons. The second-order valence-corrected chi connectivity index (χ2v) is 5.75. The zero-order chi connectivity index (χ0) is 13.1. The standard InChI is InChI=1S/C14H18BrNO2/c1-2-10(8-9-6-7-9)16-12-5-3-4-11(15)13(12)14(17)18/h3-5,9-10,16H,2,6-8H2,1H3,(H,17,18). The molecule has 0 amide bonds.